The normalized spacial score (nSPS) is 10.4. The minimum Gasteiger partial charge on any atom is -0.465 e. The first-order chi connectivity index (χ1) is 12.7. The van der Waals surface area contributed by atoms with Gasteiger partial charge in [0.15, 0.2) is 5.75 Å². The molecule has 0 aromatic heterocycles. The van der Waals surface area contributed by atoms with Gasteiger partial charge in [0.2, 0.25) is 0 Å². The molecule has 0 radical (unpaired) electrons. The Balaban J connectivity index is 2.19. The van der Waals surface area contributed by atoms with Crippen molar-refractivity contribution in [3.05, 3.63) is 54.1 Å². The van der Waals surface area contributed by atoms with E-state index < -0.39 is 0 Å². The highest BCUT2D eigenvalue weighted by Gasteiger charge is 2.13. The molecule has 0 atom stereocenters. The Morgan fingerprint density at radius 2 is 1.54 bits per heavy atom. The summed E-state index contributed by atoms with van der Waals surface area (Å²) in [6, 6.07) is 15.2. The van der Waals surface area contributed by atoms with E-state index in [0.29, 0.717) is 11.3 Å². The number of hydrogen-bond donors (Lipinski definition) is 0. The van der Waals surface area contributed by atoms with Crippen molar-refractivity contribution in [2.75, 3.05) is 25.1 Å². The van der Waals surface area contributed by atoms with Gasteiger partial charge in [-0.05, 0) is 49.2 Å². The van der Waals surface area contributed by atoms with Crippen molar-refractivity contribution in [1.82, 2.24) is 0 Å². The SMILES string of the molecule is CCCCN(CCCC)c1ccccc1Oc1ccc(C(=O)OC)cc1. The van der Waals surface area contributed by atoms with Gasteiger partial charge in [-0.25, -0.2) is 4.79 Å². The lowest BCUT2D eigenvalue weighted by Gasteiger charge is -2.26. The molecule has 0 spiro atoms. The number of anilines is 1. The summed E-state index contributed by atoms with van der Waals surface area (Å²) in [5.74, 6) is 1.20. The first kappa shape index (κ1) is 19.8. The predicted molar refractivity (Wildman–Crippen MR) is 106 cm³/mol. The van der Waals surface area contributed by atoms with Crippen LogP contribution < -0.4 is 9.64 Å². The molecule has 26 heavy (non-hydrogen) atoms. The molecule has 2 rings (SSSR count). The lowest BCUT2D eigenvalue weighted by atomic mass is 10.2. The molecule has 0 N–H and O–H groups in total. The van der Waals surface area contributed by atoms with Crippen LogP contribution in [0.2, 0.25) is 0 Å². The van der Waals surface area contributed by atoms with Crippen molar-refractivity contribution < 1.29 is 14.3 Å². The van der Waals surface area contributed by atoms with E-state index in [9.17, 15) is 4.79 Å². The molecule has 0 heterocycles. The lowest BCUT2D eigenvalue weighted by Crippen LogP contribution is -2.25. The molecule has 0 saturated heterocycles. The number of rotatable bonds is 10. The van der Waals surface area contributed by atoms with Gasteiger partial charge in [0.1, 0.15) is 5.75 Å². The number of para-hydroxylation sites is 2. The van der Waals surface area contributed by atoms with E-state index in [1.165, 1.54) is 20.0 Å². The van der Waals surface area contributed by atoms with Gasteiger partial charge in [-0.1, -0.05) is 38.8 Å². The van der Waals surface area contributed by atoms with Crippen LogP contribution in [0, 0.1) is 0 Å². The molecule has 0 fully saturated rings. The molecule has 0 amide bonds. The van der Waals surface area contributed by atoms with E-state index in [4.69, 9.17) is 9.47 Å². The summed E-state index contributed by atoms with van der Waals surface area (Å²) < 4.78 is 10.9. The van der Waals surface area contributed by atoms with E-state index in [1.54, 1.807) is 24.3 Å². The van der Waals surface area contributed by atoms with Crippen LogP contribution in [-0.4, -0.2) is 26.2 Å². The van der Waals surface area contributed by atoms with Gasteiger partial charge in [0, 0.05) is 13.1 Å². The van der Waals surface area contributed by atoms with E-state index in [1.807, 2.05) is 18.2 Å². The fourth-order valence-corrected chi connectivity index (χ4v) is 2.76. The fourth-order valence-electron chi connectivity index (χ4n) is 2.76. The minimum absolute atomic E-state index is 0.345. The summed E-state index contributed by atoms with van der Waals surface area (Å²) in [7, 11) is 1.38. The predicted octanol–water partition coefficient (Wildman–Crippen LogP) is 5.67. The smallest absolute Gasteiger partial charge is 0.337 e. The Hall–Kier alpha value is -2.49. The topological polar surface area (TPSA) is 38.8 Å². The van der Waals surface area contributed by atoms with Crippen molar-refractivity contribution in [2.24, 2.45) is 0 Å². The Morgan fingerprint density at radius 3 is 2.12 bits per heavy atom. The molecule has 2 aromatic rings. The van der Waals surface area contributed by atoms with Gasteiger partial charge in [-0.3, -0.25) is 0 Å². The van der Waals surface area contributed by atoms with Crippen molar-refractivity contribution in [3.63, 3.8) is 0 Å². The van der Waals surface area contributed by atoms with E-state index in [0.717, 1.165) is 37.4 Å². The van der Waals surface area contributed by atoms with Crippen LogP contribution in [0.4, 0.5) is 5.69 Å². The maximum atomic E-state index is 11.6. The van der Waals surface area contributed by atoms with Crippen molar-refractivity contribution >= 4 is 11.7 Å². The van der Waals surface area contributed by atoms with E-state index >= 15 is 0 Å². The second-order valence-corrected chi connectivity index (χ2v) is 6.28. The number of benzene rings is 2. The summed E-state index contributed by atoms with van der Waals surface area (Å²) in [4.78, 5) is 14.0. The van der Waals surface area contributed by atoms with Gasteiger partial charge < -0.3 is 14.4 Å². The number of ether oxygens (including phenoxy) is 2. The lowest BCUT2D eigenvalue weighted by molar-refractivity contribution is 0.0600. The molecule has 0 aliphatic rings. The number of nitrogens with zero attached hydrogens (tertiary/aromatic N) is 1. The monoisotopic (exact) mass is 355 g/mol. The highest BCUT2D eigenvalue weighted by Crippen LogP contribution is 2.32. The molecular formula is C22H29NO3. The number of esters is 1. The molecule has 140 valence electrons. The average molecular weight is 355 g/mol. The quantitative estimate of drug-likeness (QED) is 0.515. The molecule has 0 saturated carbocycles. The van der Waals surface area contributed by atoms with Gasteiger partial charge in [-0.2, -0.15) is 0 Å². The van der Waals surface area contributed by atoms with Crippen LogP contribution in [0.5, 0.6) is 11.5 Å². The van der Waals surface area contributed by atoms with Crippen LogP contribution in [0.15, 0.2) is 48.5 Å². The Morgan fingerprint density at radius 1 is 0.923 bits per heavy atom. The van der Waals surface area contributed by atoms with Crippen LogP contribution >= 0.6 is 0 Å². The average Bonchev–Trinajstić information content (AvgIpc) is 2.69. The van der Waals surface area contributed by atoms with Crippen LogP contribution in [0.3, 0.4) is 0 Å². The molecule has 4 heteroatoms. The first-order valence-electron chi connectivity index (χ1n) is 9.39. The minimum atomic E-state index is -0.345. The zero-order chi connectivity index (χ0) is 18.8. The van der Waals surface area contributed by atoms with E-state index in [2.05, 4.69) is 24.8 Å². The molecule has 2 aromatic carbocycles. The third kappa shape index (κ3) is 5.51. The van der Waals surface area contributed by atoms with Gasteiger partial charge >= 0.3 is 5.97 Å². The van der Waals surface area contributed by atoms with Gasteiger partial charge in [0.05, 0.1) is 18.4 Å². The molecule has 4 nitrogen and oxygen atoms in total. The van der Waals surface area contributed by atoms with E-state index in [-0.39, 0.29) is 5.97 Å². The van der Waals surface area contributed by atoms with Crippen LogP contribution in [0.1, 0.15) is 49.9 Å². The summed E-state index contributed by atoms with van der Waals surface area (Å²) in [6.45, 7) is 6.48. The zero-order valence-electron chi connectivity index (χ0n) is 16.0. The fraction of sp³-hybridized carbons (Fsp3) is 0.409. The molecule has 0 aliphatic carbocycles. The first-order valence-corrected chi connectivity index (χ1v) is 9.39. The molecule has 0 aliphatic heterocycles. The van der Waals surface area contributed by atoms with Crippen molar-refractivity contribution in [1.29, 1.82) is 0 Å². The highest BCUT2D eigenvalue weighted by atomic mass is 16.5. The number of hydrogen-bond acceptors (Lipinski definition) is 4. The third-order valence-electron chi connectivity index (χ3n) is 4.27. The number of methoxy groups -OCH3 is 1. The summed E-state index contributed by atoms with van der Waals surface area (Å²) in [5.41, 5.74) is 1.63. The summed E-state index contributed by atoms with van der Waals surface area (Å²) in [5, 5.41) is 0. The standard InChI is InChI=1S/C22H29NO3/c1-4-6-16-23(17-7-5-2)20-10-8-9-11-21(20)26-19-14-12-18(13-15-19)22(24)25-3/h8-15H,4-7,16-17H2,1-3H3. The maximum absolute atomic E-state index is 11.6. The molecule has 0 unspecified atom stereocenters. The molecule has 0 bridgehead atoms. The van der Waals surface area contributed by atoms with Crippen molar-refractivity contribution in [3.8, 4) is 11.5 Å². The second kappa shape index (κ2) is 10.5. The Kier molecular flexibility index (Phi) is 8.00. The molecular weight excluding hydrogens is 326 g/mol. The number of carbonyl (C=O) groups is 1. The summed E-state index contributed by atoms with van der Waals surface area (Å²) in [6.07, 6.45) is 4.65. The summed E-state index contributed by atoms with van der Waals surface area (Å²) >= 11 is 0. The second-order valence-electron chi connectivity index (χ2n) is 6.28. The van der Waals surface area contributed by atoms with Crippen molar-refractivity contribution in [2.45, 2.75) is 39.5 Å². The Bertz CT molecular complexity index is 674. The number of unbranched alkanes of at least 4 members (excludes halogenated alkanes) is 2. The number of carbonyl (C=O) groups excluding carboxylic acids is 1. The zero-order valence-corrected chi connectivity index (χ0v) is 16.0. The van der Waals surface area contributed by atoms with Crippen LogP contribution in [0.25, 0.3) is 0 Å². The third-order valence-corrected chi connectivity index (χ3v) is 4.27. The highest BCUT2D eigenvalue weighted by molar-refractivity contribution is 5.89. The Labute approximate surface area is 156 Å². The van der Waals surface area contributed by atoms with Gasteiger partial charge in [0.25, 0.3) is 0 Å². The maximum Gasteiger partial charge on any atom is 0.337 e. The van der Waals surface area contributed by atoms with Gasteiger partial charge in [-0.15, -0.1) is 0 Å². The largest absolute Gasteiger partial charge is 0.465 e. The van der Waals surface area contributed by atoms with Crippen LogP contribution in [-0.2, 0) is 4.74 Å².